The van der Waals surface area contributed by atoms with Crippen molar-refractivity contribution in [2.75, 3.05) is 0 Å². The number of aromatic nitrogens is 2. The lowest BCUT2D eigenvalue weighted by molar-refractivity contribution is -0.141. The van der Waals surface area contributed by atoms with Crippen LogP contribution in [0.15, 0.2) is 6.07 Å². The summed E-state index contributed by atoms with van der Waals surface area (Å²) in [6, 6.07) is 1.11. The molecule has 0 atom stereocenters. The van der Waals surface area contributed by atoms with Crippen molar-refractivity contribution in [1.29, 1.82) is 0 Å². The van der Waals surface area contributed by atoms with E-state index >= 15 is 0 Å². The minimum Gasteiger partial charge on any atom is -0.272 e. The van der Waals surface area contributed by atoms with E-state index in [4.69, 9.17) is 0 Å². The Bertz CT molecular complexity index is 312. The summed E-state index contributed by atoms with van der Waals surface area (Å²) >= 11 is 0. The monoisotopic (exact) mass is 206 g/mol. The summed E-state index contributed by atoms with van der Waals surface area (Å²) in [5.41, 5.74) is -0.192. The van der Waals surface area contributed by atoms with Gasteiger partial charge in [0.1, 0.15) is 0 Å². The molecule has 0 aliphatic rings. The Balaban J connectivity index is 2.94. The average Bonchev–Trinajstić information content (AvgIpc) is 2.30. The fourth-order valence-electron chi connectivity index (χ4n) is 1.25. The first-order chi connectivity index (χ1) is 6.30. The highest BCUT2D eigenvalue weighted by Crippen LogP contribution is 2.28. The molecule has 0 bridgehead atoms. The lowest BCUT2D eigenvalue weighted by atomic mass is 10.1. The number of nitrogens with zero attached hydrogens (tertiary/aromatic N) is 2. The van der Waals surface area contributed by atoms with Crippen LogP contribution in [0.1, 0.15) is 25.2 Å². The molecule has 1 heterocycles. The Morgan fingerprint density at radius 3 is 2.36 bits per heavy atom. The summed E-state index contributed by atoms with van der Waals surface area (Å²) < 4.78 is 38.0. The summed E-state index contributed by atoms with van der Waals surface area (Å²) in [5.74, 6) is 0.325. The standard InChI is InChI=1S/C9H13F3N2/c1-6(2)4-7-5-8(9(10,11)12)13-14(7)3/h5-6H,4H2,1-3H3. The molecule has 0 unspecified atom stereocenters. The van der Waals surface area contributed by atoms with E-state index < -0.39 is 11.9 Å². The summed E-state index contributed by atoms with van der Waals surface area (Å²) in [5, 5.41) is 3.43. The molecule has 2 nitrogen and oxygen atoms in total. The van der Waals surface area contributed by atoms with Crippen LogP contribution in [0.4, 0.5) is 13.2 Å². The molecule has 0 radical (unpaired) electrons. The molecule has 1 rings (SSSR count). The zero-order chi connectivity index (χ0) is 10.9. The van der Waals surface area contributed by atoms with Gasteiger partial charge in [0, 0.05) is 12.7 Å². The third-order valence-electron chi connectivity index (χ3n) is 1.88. The van der Waals surface area contributed by atoms with Gasteiger partial charge >= 0.3 is 6.18 Å². The number of aryl methyl sites for hydroxylation is 1. The van der Waals surface area contributed by atoms with E-state index in [1.54, 1.807) is 0 Å². The number of halogens is 3. The van der Waals surface area contributed by atoms with Crippen LogP contribution in [0.2, 0.25) is 0 Å². The Morgan fingerprint density at radius 1 is 1.43 bits per heavy atom. The molecule has 1 aromatic heterocycles. The maximum Gasteiger partial charge on any atom is 0.435 e. The van der Waals surface area contributed by atoms with Crippen LogP contribution < -0.4 is 0 Å². The average molecular weight is 206 g/mol. The van der Waals surface area contributed by atoms with Gasteiger partial charge in [-0.05, 0) is 18.4 Å². The van der Waals surface area contributed by atoms with Crippen LogP contribution in [0, 0.1) is 5.92 Å². The van der Waals surface area contributed by atoms with Gasteiger partial charge < -0.3 is 0 Å². The SMILES string of the molecule is CC(C)Cc1cc(C(F)(F)F)nn1C. The fraction of sp³-hybridized carbons (Fsp3) is 0.667. The first kappa shape index (κ1) is 11.1. The number of hydrogen-bond acceptors (Lipinski definition) is 1. The topological polar surface area (TPSA) is 17.8 Å². The van der Waals surface area contributed by atoms with E-state index in [1.807, 2.05) is 13.8 Å². The van der Waals surface area contributed by atoms with Gasteiger partial charge in [-0.1, -0.05) is 13.8 Å². The van der Waals surface area contributed by atoms with Crippen LogP contribution in [0.3, 0.4) is 0 Å². The fourth-order valence-corrected chi connectivity index (χ4v) is 1.25. The van der Waals surface area contributed by atoms with Crippen molar-refractivity contribution in [3.05, 3.63) is 17.5 Å². The van der Waals surface area contributed by atoms with Gasteiger partial charge in [-0.3, -0.25) is 4.68 Å². The molecule has 0 saturated heterocycles. The Hall–Kier alpha value is -1.00. The maximum absolute atomic E-state index is 12.2. The maximum atomic E-state index is 12.2. The normalized spacial score (nSPS) is 12.5. The van der Waals surface area contributed by atoms with Gasteiger partial charge in [-0.25, -0.2) is 0 Å². The molecule has 0 N–H and O–H groups in total. The van der Waals surface area contributed by atoms with E-state index in [2.05, 4.69) is 5.10 Å². The van der Waals surface area contributed by atoms with E-state index in [0.29, 0.717) is 18.0 Å². The van der Waals surface area contributed by atoms with E-state index in [-0.39, 0.29) is 0 Å². The van der Waals surface area contributed by atoms with Crippen molar-refractivity contribution in [2.45, 2.75) is 26.4 Å². The number of hydrogen-bond donors (Lipinski definition) is 0. The Morgan fingerprint density at radius 2 is 2.00 bits per heavy atom. The van der Waals surface area contributed by atoms with Gasteiger partial charge in [-0.15, -0.1) is 0 Å². The second-order valence-electron chi connectivity index (χ2n) is 3.74. The minimum atomic E-state index is -4.34. The first-order valence-corrected chi connectivity index (χ1v) is 4.41. The smallest absolute Gasteiger partial charge is 0.272 e. The lowest BCUT2D eigenvalue weighted by Crippen LogP contribution is -2.06. The Labute approximate surface area is 80.7 Å². The van der Waals surface area contributed by atoms with Crippen LogP contribution in [-0.2, 0) is 19.6 Å². The van der Waals surface area contributed by atoms with Crippen molar-refractivity contribution < 1.29 is 13.2 Å². The van der Waals surface area contributed by atoms with Crippen molar-refractivity contribution in [3.8, 4) is 0 Å². The zero-order valence-electron chi connectivity index (χ0n) is 8.39. The van der Waals surface area contributed by atoms with Gasteiger partial charge in [0.15, 0.2) is 5.69 Å². The predicted octanol–water partition coefficient (Wildman–Crippen LogP) is 2.64. The highest BCUT2D eigenvalue weighted by atomic mass is 19.4. The zero-order valence-corrected chi connectivity index (χ0v) is 8.39. The number of alkyl halides is 3. The second-order valence-corrected chi connectivity index (χ2v) is 3.74. The van der Waals surface area contributed by atoms with Crippen LogP contribution >= 0.6 is 0 Å². The molecule has 14 heavy (non-hydrogen) atoms. The van der Waals surface area contributed by atoms with E-state index in [0.717, 1.165) is 6.07 Å². The Kier molecular flexibility index (Phi) is 2.87. The molecular weight excluding hydrogens is 193 g/mol. The number of rotatable bonds is 2. The summed E-state index contributed by atoms with van der Waals surface area (Å²) in [4.78, 5) is 0. The molecule has 0 aliphatic heterocycles. The first-order valence-electron chi connectivity index (χ1n) is 4.41. The molecule has 5 heteroatoms. The highest BCUT2D eigenvalue weighted by molar-refractivity contribution is 5.13. The van der Waals surface area contributed by atoms with E-state index in [1.165, 1.54) is 11.7 Å². The molecule has 0 fully saturated rings. The van der Waals surface area contributed by atoms with Crippen LogP contribution in [-0.4, -0.2) is 9.78 Å². The molecule has 1 aromatic rings. The summed E-state index contributed by atoms with van der Waals surface area (Å²) in [7, 11) is 1.53. The molecule has 0 saturated carbocycles. The lowest BCUT2D eigenvalue weighted by Gasteiger charge is -2.03. The molecule has 0 spiro atoms. The molecule has 80 valence electrons. The van der Waals surface area contributed by atoms with E-state index in [9.17, 15) is 13.2 Å². The van der Waals surface area contributed by atoms with Crippen LogP contribution in [0.25, 0.3) is 0 Å². The third-order valence-corrected chi connectivity index (χ3v) is 1.88. The predicted molar refractivity (Wildman–Crippen MR) is 46.8 cm³/mol. The van der Waals surface area contributed by atoms with Crippen LogP contribution in [0.5, 0.6) is 0 Å². The van der Waals surface area contributed by atoms with Gasteiger partial charge in [0.2, 0.25) is 0 Å². The molecule has 0 amide bonds. The molecular formula is C9H13F3N2. The largest absolute Gasteiger partial charge is 0.435 e. The van der Waals surface area contributed by atoms with Crippen molar-refractivity contribution in [1.82, 2.24) is 9.78 Å². The molecule has 0 aromatic carbocycles. The molecule has 0 aliphatic carbocycles. The third kappa shape index (κ3) is 2.49. The van der Waals surface area contributed by atoms with Crippen molar-refractivity contribution >= 4 is 0 Å². The van der Waals surface area contributed by atoms with Crippen molar-refractivity contribution in [3.63, 3.8) is 0 Å². The van der Waals surface area contributed by atoms with Gasteiger partial charge in [-0.2, -0.15) is 18.3 Å². The summed E-state index contributed by atoms with van der Waals surface area (Å²) in [6.07, 6.45) is -3.73. The van der Waals surface area contributed by atoms with Gasteiger partial charge in [0.25, 0.3) is 0 Å². The second kappa shape index (κ2) is 3.63. The summed E-state index contributed by atoms with van der Waals surface area (Å²) in [6.45, 7) is 3.92. The quantitative estimate of drug-likeness (QED) is 0.727. The minimum absolute atomic E-state index is 0.325. The van der Waals surface area contributed by atoms with Gasteiger partial charge in [0.05, 0.1) is 0 Å². The van der Waals surface area contributed by atoms with Crippen molar-refractivity contribution in [2.24, 2.45) is 13.0 Å². The highest BCUT2D eigenvalue weighted by Gasteiger charge is 2.34.